The summed E-state index contributed by atoms with van der Waals surface area (Å²) in [7, 11) is 1.44. The summed E-state index contributed by atoms with van der Waals surface area (Å²) < 4.78 is 6.43. The second kappa shape index (κ2) is 9.02. The van der Waals surface area contributed by atoms with Gasteiger partial charge in [-0.1, -0.05) is 35.5 Å². The van der Waals surface area contributed by atoms with Crippen molar-refractivity contribution >= 4 is 28.7 Å². The number of nitrogens with zero attached hydrogens (tertiary/aromatic N) is 4. The van der Waals surface area contributed by atoms with Crippen LogP contribution in [-0.2, 0) is 17.8 Å². The van der Waals surface area contributed by atoms with Crippen molar-refractivity contribution in [2.24, 2.45) is 0 Å². The number of nitrogen functional groups attached to an aromatic ring is 1. The Morgan fingerprint density at radius 1 is 1.25 bits per heavy atom. The van der Waals surface area contributed by atoms with Crippen LogP contribution in [0.25, 0.3) is 11.4 Å². The van der Waals surface area contributed by atoms with Crippen molar-refractivity contribution in [1.29, 1.82) is 0 Å². The molecule has 164 valence electrons. The molecule has 4 rings (SSSR count). The van der Waals surface area contributed by atoms with Crippen molar-refractivity contribution < 1.29 is 9.32 Å². The van der Waals surface area contributed by atoms with Gasteiger partial charge in [-0.05, 0) is 17.0 Å². The highest BCUT2D eigenvalue weighted by Crippen LogP contribution is 2.20. The van der Waals surface area contributed by atoms with E-state index in [2.05, 4.69) is 15.1 Å². The Kier molecular flexibility index (Phi) is 5.99. The zero-order valence-corrected chi connectivity index (χ0v) is 18.0. The highest BCUT2D eigenvalue weighted by Gasteiger charge is 2.22. The molecule has 0 atom stereocenters. The standard InChI is InChI=1S/C21H20N6O4S/c1-26(16(28)8-7-15-23-19(25-31-15)14-9-10-32-12-14)17-18(22)27(21(30)24-20(17)29)11-13-5-3-2-4-6-13/h2-6,9-10,12H,7-8,11,22H2,1H3,(H,24,29,30). The fourth-order valence-electron chi connectivity index (χ4n) is 3.20. The van der Waals surface area contributed by atoms with E-state index in [1.54, 1.807) is 0 Å². The Morgan fingerprint density at radius 2 is 2.03 bits per heavy atom. The second-order valence-corrected chi connectivity index (χ2v) is 7.82. The lowest BCUT2D eigenvalue weighted by atomic mass is 10.2. The average molecular weight is 452 g/mol. The number of thiophene rings is 1. The number of hydrogen-bond donors (Lipinski definition) is 2. The van der Waals surface area contributed by atoms with E-state index < -0.39 is 11.2 Å². The number of nitrogens with two attached hydrogens (primary N) is 1. The first-order chi connectivity index (χ1) is 15.4. The number of carbonyl (C=O) groups excluding carboxylic acids is 1. The second-order valence-electron chi connectivity index (χ2n) is 7.04. The Morgan fingerprint density at radius 3 is 2.75 bits per heavy atom. The molecule has 0 saturated heterocycles. The quantitative estimate of drug-likeness (QED) is 0.436. The van der Waals surface area contributed by atoms with E-state index in [0.29, 0.717) is 11.7 Å². The van der Waals surface area contributed by atoms with Crippen LogP contribution in [0.2, 0.25) is 0 Å². The maximum absolute atomic E-state index is 12.8. The summed E-state index contributed by atoms with van der Waals surface area (Å²) in [6, 6.07) is 11.1. The molecule has 3 aromatic heterocycles. The van der Waals surface area contributed by atoms with Crippen molar-refractivity contribution in [3.8, 4) is 11.4 Å². The molecule has 1 aromatic carbocycles. The lowest BCUT2D eigenvalue weighted by Gasteiger charge is -2.20. The van der Waals surface area contributed by atoms with Gasteiger partial charge in [0.1, 0.15) is 5.82 Å². The number of benzene rings is 1. The van der Waals surface area contributed by atoms with E-state index in [0.717, 1.165) is 16.0 Å². The van der Waals surface area contributed by atoms with Gasteiger partial charge in [0.2, 0.25) is 17.6 Å². The van der Waals surface area contributed by atoms with E-state index >= 15 is 0 Å². The molecule has 32 heavy (non-hydrogen) atoms. The first-order valence-corrected chi connectivity index (χ1v) is 10.7. The molecule has 0 saturated carbocycles. The van der Waals surface area contributed by atoms with E-state index in [1.165, 1.54) is 23.0 Å². The Balaban J connectivity index is 1.51. The summed E-state index contributed by atoms with van der Waals surface area (Å²) in [5.74, 6) is 0.290. The molecule has 0 unspecified atom stereocenters. The van der Waals surface area contributed by atoms with Crippen molar-refractivity contribution in [1.82, 2.24) is 19.7 Å². The molecule has 0 aliphatic heterocycles. The molecule has 11 heteroatoms. The number of carbonyl (C=O) groups is 1. The molecule has 0 aliphatic rings. The summed E-state index contributed by atoms with van der Waals surface area (Å²) >= 11 is 1.52. The molecule has 0 spiro atoms. The lowest BCUT2D eigenvalue weighted by molar-refractivity contribution is -0.118. The molecular weight excluding hydrogens is 432 g/mol. The van der Waals surface area contributed by atoms with Crippen LogP contribution in [0.4, 0.5) is 11.5 Å². The fourth-order valence-corrected chi connectivity index (χ4v) is 3.83. The summed E-state index contributed by atoms with van der Waals surface area (Å²) in [6.07, 6.45) is 0.209. The van der Waals surface area contributed by atoms with Crippen LogP contribution < -0.4 is 21.9 Å². The Labute approximate surface area is 185 Å². The molecule has 0 fully saturated rings. The number of nitrogens with one attached hydrogen (secondary N) is 1. The van der Waals surface area contributed by atoms with Crippen LogP contribution in [0.15, 0.2) is 61.3 Å². The van der Waals surface area contributed by atoms with Gasteiger partial charge >= 0.3 is 5.69 Å². The van der Waals surface area contributed by atoms with Crippen molar-refractivity contribution in [2.45, 2.75) is 19.4 Å². The fraction of sp³-hybridized carbons (Fsp3) is 0.190. The van der Waals surface area contributed by atoms with E-state index in [-0.39, 0.29) is 36.8 Å². The summed E-state index contributed by atoms with van der Waals surface area (Å²) in [6.45, 7) is 0.157. The normalized spacial score (nSPS) is 10.9. The Bertz CT molecular complexity index is 1340. The van der Waals surface area contributed by atoms with E-state index in [4.69, 9.17) is 10.3 Å². The number of anilines is 2. The van der Waals surface area contributed by atoms with Gasteiger partial charge < -0.3 is 15.2 Å². The topological polar surface area (TPSA) is 140 Å². The highest BCUT2D eigenvalue weighted by molar-refractivity contribution is 7.08. The van der Waals surface area contributed by atoms with Crippen LogP contribution in [0, 0.1) is 0 Å². The smallest absolute Gasteiger partial charge is 0.330 e. The third-order valence-corrected chi connectivity index (χ3v) is 5.59. The number of aromatic nitrogens is 4. The minimum atomic E-state index is -0.731. The molecule has 1 amide bonds. The molecule has 3 N–H and O–H groups in total. The van der Waals surface area contributed by atoms with Gasteiger partial charge in [0.05, 0.1) is 6.54 Å². The third-order valence-electron chi connectivity index (χ3n) is 4.91. The maximum atomic E-state index is 12.8. The number of aryl methyl sites for hydroxylation is 1. The van der Waals surface area contributed by atoms with Crippen LogP contribution in [-0.4, -0.2) is 32.6 Å². The van der Waals surface area contributed by atoms with Gasteiger partial charge in [0.15, 0.2) is 5.69 Å². The molecule has 10 nitrogen and oxygen atoms in total. The van der Waals surface area contributed by atoms with E-state index in [1.807, 2.05) is 47.2 Å². The third kappa shape index (κ3) is 4.37. The van der Waals surface area contributed by atoms with Gasteiger partial charge in [0, 0.05) is 30.8 Å². The molecule has 0 radical (unpaired) electrons. The Hall–Kier alpha value is -3.99. The minimum Gasteiger partial charge on any atom is -0.383 e. The number of aromatic amines is 1. The molecule has 0 bridgehead atoms. The van der Waals surface area contributed by atoms with Gasteiger partial charge in [-0.2, -0.15) is 16.3 Å². The highest BCUT2D eigenvalue weighted by atomic mass is 32.1. The zero-order valence-electron chi connectivity index (χ0n) is 17.1. The molecule has 0 aliphatic carbocycles. The van der Waals surface area contributed by atoms with Crippen molar-refractivity contribution in [3.05, 3.63) is 79.5 Å². The number of rotatable bonds is 7. The first kappa shape index (κ1) is 21.2. The number of hydrogen-bond acceptors (Lipinski definition) is 8. The van der Waals surface area contributed by atoms with Gasteiger partial charge in [-0.3, -0.25) is 19.1 Å². The number of amides is 1. The molecule has 3 heterocycles. The number of H-pyrrole nitrogens is 1. The predicted molar refractivity (Wildman–Crippen MR) is 121 cm³/mol. The lowest BCUT2D eigenvalue weighted by Crippen LogP contribution is -2.39. The van der Waals surface area contributed by atoms with Crippen LogP contribution in [0.3, 0.4) is 0 Å². The summed E-state index contributed by atoms with van der Waals surface area (Å²) in [5.41, 5.74) is 6.35. The molecular formula is C21H20N6O4S. The van der Waals surface area contributed by atoms with Crippen LogP contribution >= 0.6 is 11.3 Å². The molecule has 4 aromatic rings. The van der Waals surface area contributed by atoms with E-state index in [9.17, 15) is 14.4 Å². The van der Waals surface area contributed by atoms with Crippen molar-refractivity contribution in [3.63, 3.8) is 0 Å². The maximum Gasteiger partial charge on any atom is 0.330 e. The van der Waals surface area contributed by atoms with Crippen LogP contribution in [0.5, 0.6) is 0 Å². The SMILES string of the molecule is CN(C(=O)CCc1nc(-c2ccsc2)no1)c1c(N)n(Cc2ccccc2)c(=O)[nH]c1=O. The zero-order chi connectivity index (χ0) is 22.7. The van der Waals surface area contributed by atoms with Gasteiger partial charge in [-0.15, -0.1) is 0 Å². The first-order valence-electron chi connectivity index (χ1n) is 9.72. The van der Waals surface area contributed by atoms with Crippen molar-refractivity contribution in [2.75, 3.05) is 17.7 Å². The van der Waals surface area contributed by atoms with Crippen LogP contribution in [0.1, 0.15) is 17.9 Å². The van der Waals surface area contributed by atoms with Gasteiger partial charge in [0.25, 0.3) is 5.56 Å². The summed E-state index contributed by atoms with van der Waals surface area (Å²) in [5, 5.41) is 7.71. The predicted octanol–water partition coefficient (Wildman–Crippen LogP) is 1.87. The monoisotopic (exact) mass is 452 g/mol. The largest absolute Gasteiger partial charge is 0.383 e. The van der Waals surface area contributed by atoms with Gasteiger partial charge in [-0.25, -0.2) is 4.79 Å². The summed E-state index contributed by atoms with van der Waals surface area (Å²) in [4.78, 5) is 45.2. The minimum absolute atomic E-state index is 0.0124. The average Bonchev–Trinajstić information content (AvgIpc) is 3.47.